The minimum absolute atomic E-state index is 0.00957. The molecule has 5 aliphatic rings. The Morgan fingerprint density at radius 1 is 1.18 bits per heavy atom. The van der Waals surface area contributed by atoms with Crippen molar-refractivity contribution in [2.75, 3.05) is 27.3 Å². The minimum atomic E-state index is -0.892. The van der Waals surface area contributed by atoms with Gasteiger partial charge >= 0.3 is 0 Å². The van der Waals surface area contributed by atoms with Crippen LogP contribution in [0, 0.1) is 22.7 Å². The van der Waals surface area contributed by atoms with Gasteiger partial charge in [0, 0.05) is 36.6 Å². The molecule has 2 aliphatic heterocycles. The van der Waals surface area contributed by atoms with Gasteiger partial charge in [-0.15, -0.1) is 0 Å². The standard InChI is InChI=1S/C29H43NO4/c1-26(2,3)28(5,31)19-15-27(4)21-14-18-10-11-20(32-6)24-22(18)29(27,25(34-24)23(19)33-7)12-13-30(21)16-17-8-9-17/h10-11,17,19,21,23,25,31H,8-9,12-16H2,1-7H3/t19-,21+,23?,25-,27+,28-,29-/m0/s1. The first-order chi connectivity index (χ1) is 16.0. The van der Waals surface area contributed by atoms with Crippen LogP contribution in [0.1, 0.15) is 71.4 Å². The van der Waals surface area contributed by atoms with Gasteiger partial charge in [0.05, 0.1) is 12.7 Å². The molecule has 1 unspecified atom stereocenters. The summed E-state index contributed by atoms with van der Waals surface area (Å²) >= 11 is 0. The van der Waals surface area contributed by atoms with E-state index >= 15 is 0 Å². The smallest absolute Gasteiger partial charge is 0.165 e. The molecule has 1 aromatic rings. The number of nitrogens with zero attached hydrogens (tertiary/aromatic N) is 1. The first-order valence-electron chi connectivity index (χ1n) is 13.4. The molecule has 2 saturated carbocycles. The van der Waals surface area contributed by atoms with Crippen molar-refractivity contribution in [2.45, 2.75) is 96.0 Å². The van der Waals surface area contributed by atoms with Gasteiger partial charge in [0.1, 0.15) is 12.2 Å². The van der Waals surface area contributed by atoms with Crippen LogP contribution in [-0.2, 0) is 16.6 Å². The second-order valence-corrected chi connectivity index (χ2v) is 13.4. The van der Waals surface area contributed by atoms with E-state index in [4.69, 9.17) is 14.2 Å². The van der Waals surface area contributed by atoms with Crippen molar-refractivity contribution >= 4 is 0 Å². The summed E-state index contributed by atoms with van der Waals surface area (Å²) in [7, 11) is 3.55. The Morgan fingerprint density at radius 2 is 1.91 bits per heavy atom. The normalized spacial score (nSPS) is 40.4. The first-order valence-corrected chi connectivity index (χ1v) is 13.4. The number of methoxy groups -OCH3 is 2. The zero-order valence-electron chi connectivity index (χ0n) is 22.1. The van der Waals surface area contributed by atoms with E-state index in [1.165, 1.54) is 30.5 Å². The van der Waals surface area contributed by atoms with Gasteiger partial charge in [0.15, 0.2) is 11.5 Å². The maximum absolute atomic E-state index is 12.1. The highest BCUT2D eigenvalue weighted by molar-refractivity contribution is 5.62. The lowest BCUT2D eigenvalue weighted by molar-refractivity contribution is -0.231. The fourth-order valence-electron chi connectivity index (χ4n) is 8.48. The summed E-state index contributed by atoms with van der Waals surface area (Å²) in [5.74, 6) is 2.61. The van der Waals surface area contributed by atoms with Crippen molar-refractivity contribution in [2.24, 2.45) is 22.7 Å². The number of rotatable bonds is 5. The molecule has 1 aromatic carbocycles. The van der Waals surface area contributed by atoms with Crippen molar-refractivity contribution in [3.05, 3.63) is 23.3 Å². The first kappa shape index (κ1) is 23.1. The molecule has 6 rings (SSSR count). The molecular weight excluding hydrogens is 426 g/mol. The van der Waals surface area contributed by atoms with Crippen LogP contribution >= 0.6 is 0 Å². The molecule has 3 aliphatic carbocycles. The molecule has 3 fully saturated rings. The third kappa shape index (κ3) is 2.72. The summed E-state index contributed by atoms with van der Waals surface area (Å²) in [5.41, 5.74) is 1.53. The highest BCUT2D eigenvalue weighted by Gasteiger charge is 2.74. The highest BCUT2D eigenvalue weighted by atomic mass is 16.6. The minimum Gasteiger partial charge on any atom is -0.493 e. The Bertz CT molecular complexity index is 995. The van der Waals surface area contributed by atoms with Gasteiger partial charge in [-0.3, -0.25) is 4.90 Å². The Kier molecular flexibility index (Phi) is 4.85. The third-order valence-corrected chi connectivity index (χ3v) is 11.0. The van der Waals surface area contributed by atoms with Crippen LogP contribution in [0.3, 0.4) is 0 Å². The van der Waals surface area contributed by atoms with E-state index in [-0.39, 0.29) is 34.4 Å². The summed E-state index contributed by atoms with van der Waals surface area (Å²) in [6.07, 6.45) is 5.53. The number of aliphatic hydroxyl groups is 1. The van der Waals surface area contributed by atoms with Gasteiger partial charge in [0.2, 0.25) is 0 Å². The molecule has 5 nitrogen and oxygen atoms in total. The monoisotopic (exact) mass is 469 g/mol. The van der Waals surface area contributed by atoms with E-state index in [0.717, 1.165) is 43.2 Å². The van der Waals surface area contributed by atoms with Crippen molar-refractivity contribution in [3.8, 4) is 11.5 Å². The van der Waals surface area contributed by atoms with Gasteiger partial charge in [0.25, 0.3) is 0 Å². The number of ether oxygens (including phenoxy) is 3. The van der Waals surface area contributed by atoms with Crippen molar-refractivity contribution in [3.63, 3.8) is 0 Å². The third-order valence-electron chi connectivity index (χ3n) is 11.0. The van der Waals surface area contributed by atoms with E-state index in [0.29, 0.717) is 6.04 Å². The van der Waals surface area contributed by atoms with Crippen LogP contribution in [0.5, 0.6) is 11.5 Å². The second kappa shape index (κ2) is 7.14. The number of likely N-dealkylation sites (tertiary alicyclic amines) is 1. The molecule has 1 saturated heterocycles. The Morgan fingerprint density at radius 3 is 2.53 bits per heavy atom. The summed E-state index contributed by atoms with van der Waals surface area (Å²) in [6, 6.07) is 4.84. The maximum Gasteiger partial charge on any atom is 0.165 e. The lowest BCUT2D eigenvalue weighted by atomic mass is 9.40. The molecule has 188 valence electrons. The molecule has 0 aromatic heterocycles. The number of benzene rings is 1. The predicted octanol–water partition coefficient (Wildman–Crippen LogP) is 4.57. The zero-order chi connectivity index (χ0) is 24.3. The average Bonchev–Trinajstić information content (AvgIpc) is 3.51. The molecule has 1 N–H and O–H groups in total. The summed E-state index contributed by atoms with van der Waals surface area (Å²) in [6.45, 7) is 13.3. The molecule has 0 amide bonds. The predicted molar refractivity (Wildman–Crippen MR) is 133 cm³/mol. The number of piperidine rings is 1. The van der Waals surface area contributed by atoms with Crippen LogP contribution in [0.2, 0.25) is 0 Å². The second-order valence-electron chi connectivity index (χ2n) is 13.4. The van der Waals surface area contributed by atoms with E-state index in [1.54, 1.807) is 7.11 Å². The molecule has 34 heavy (non-hydrogen) atoms. The highest BCUT2D eigenvalue weighted by Crippen LogP contribution is 2.71. The molecule has 7 atom stereocenters. The fourth-order valence-corrected chi connectivity index (χ4v) is 8.48. The van der Waals surface area contributed by atoms with E-state index in [9.17, 15) is 5.11 Å². The van der Waals surface area contributed by atoms with Gasteiger partial charge in [-0.2, -0.15) is 0 Å². The lowest BCUT2D eigenvalue weighted by Crippen LogP contribution is -2.76. The van der Waals surface area contributed by atoms with Crippen molar-refractivity contribution < 1.29 is 19.3 Å². The van der Waals surface area contributed by atoms with Crippen molar-refractivity contribution in [1.82, 2.24) is 4.90 Å². The van der Waals surface area contributed by atoms with Crippen LogP contribution in [0.15, 0.2) is 12.1 Å². The quantitative estimate of drug-likeness (QED) is 0.685. The van der Waals surface area contributed by atoms with E-state index < -0.39 is 5.60 Å². The average molecular weight is 470 g/mol. The fraction of sp³-hybridized carbons (Fsp3) is 0.793. The zero-order valence-corrected chi connectivity index (χ0v) is 22.1. The molecule has 1 spiro atoms. The van der Waals surface area contributed by atoms with Gasteiger partial charge in [-0.05, 0) is 74.0 Å². The van der Waals surface area contributed by atoms with E-state index in [2.05, 4.69) is 44.7 Å². The SMILES string of the molecule is COc1ccc2c3c1O[C@H]1C(OC)[C@@H]([C@](C)(O)C(C)(C)C)C[C@]4(C)[C@@H](C2)N(CC2CC2)CC[C@]314. The van der Waals surface area contributed by atoms with Gasteiger partial charge in [-0.1, -0.05) is 33.8 Å². The van der Waals surface area contributed by atoms with Crippen LogP contribution in [0.4, 0.5) is 0 Å². The Balaban J connectivity index is 1.56. The van der Waals surface area contributed by atoms with Gasteiger partial charge in [-0.25, -0.2) is 0 Å². The summed E-state index contributed by atoms with van der Waals surface area (Å²) in [5, 5.41) is 12.1. The Labute approximate surface area is 205 Å². The molecular formula is C29H43NO4. The molecule has 2 heterocycles. The number of hydrogen-bond donors (Lipinski definition) is 1. The van der Waals surface area contributed by atoms with Crippen LogP contribution in [0.25, 0.3) is 0 Å². The van der Waals surface area contributed by atoms with Crippen LogP contribution in [-0.4, -0.2) is 61.2 Å². The summed E-state index contributed by atoms with van der Waals surface area (Å²) in [4.78, 5) is 2.81. The lowest BCUT2D eigenvalue weighted by Gasteiger charge is -2.68. The van der Waals surface area contributed by atoms with E-state index in [1.807, 2.05) is 14.0 Å². The molecule has 5 heteroatoms. The molecule has 0 radical (unpaired) electrons. The maximum atomic E-state index is 12.1. The molecule has 2 bridgehead atoms. The van der Waals surface area contributed by atoms with Crippen LogP contribution < -0.4 is 9.47 Å². The van der Waals surface area contributed by atoms with Gasteiger partial charge < -0.3 is 19.3 Å². The summed E-state index contributed by atoms with van der Waals surface area (Å²) < 4.78 is 19.1. The Hall–Kier alpha value is -1.30. The number of hydrogen-bond acceptors (Lipinski definition) is 5. The topological polar surface area (TPSA) is 51.2 Å². The van der Waals surface area contributed by atoms with Crippen molar-refractivity contribution in [1.29, 1.82) is 0 Å². The largest absolute Gasteiger partial charge is 0.493 e.